The second-order valence-electron chi connectivity index (χ2n) is 5.33. The van der Waals surface area contributed by atoms with Crippen molar-refractivity contribution in [3.63, 3.8) is 0 Å². The highest BCUT2D eigenvalue weighted by molar-refractivity contribution is 5.84. The van der Waals surface area contributed by atoms with E-state index in [4.69, 9.17) is 10.5 Å². The number of carbonyl (C=O) groups is 2. The summed E-state index contributed by atoms with van der Waals surface area (Å²) in [5, 5.41) is 2.69. The second-order valence-corrected chi connectivity index (χ2v) is 5.33. The third-order valence-electron chi connectivity index (χ3n) is 3.81. The van der Waals surface area contributed by atoms with Crippen molar-refractivity contribution in [3.05, 3.63) is 0 Å². The minimum atomic E-state index is -0.164. The van der Waals surface area contributed by atoms with E-state index in [0.29, 0.717) is 26.1 Å². The molecular formula is C13H25N3O3. The fourth-order valence-electron chi connectivity index (χ4n) is 2.24. The zero-order valence-corrected chi connectivity index (χ0v) is 11.9. The SMILES string of the molecule is COCCNC(=O)CN(C)C(=O)CC1(CN)CCC1. The van der Waals surface area contributed by atoms with Crippen LogP contribution in [-0.4, -0.2) is 57.1 Å². The number of nitrogens with one attached hydrogen (secondary N) is 1. The van der Waals surface area contributed by atoms with Gasteiger partial charge in [-0.25, -0.2) is 0 Å². The van der Waals surface area contributed by atoms with Gasteiger partial charge in [-0.3, -0.25) is 9.59 Å². The van der Waals surface area contributed by atoms with Crippen molar-refractivity contribution >= 4 is 11.8 Å². The summed E-state index contributed by atoms with van der Waals surface area (Å²) in [4.78, 5) is 25.1. The lowest BCUT2D eigenvalue weighted by molar-refractivity contribution is -0.137. The highest BCUT2D eigenvalue weighted by Crippen LogP contribution is 2.43. The van der Waals surface area contributed by atoms with Crippen LogP contribution in [-0.2, 0) is 14.3 Å². The zero-order valence-electron chi connectivity index (χ0n) is 11.9. The maximum absolute atomic E-state index is 12.0. The van der Waals surface area contributed by atoms with Crippen LogP contribution in [0.4, 0.5) is 0 Å². The molecule has 0 heterocycles. The number of likely N-dealkylation sites (N-methyl/N-ethyl adjacent to an activating group) is 1. The fourth-order valence-corrected chi connectivity index (χ4v) is 2.24. The smallest absolute Gasteiger partial charge is 0.239 e. The molecule has 1 aliphatic carbocycles. The summed E-state index contributed by atoms with van der Waals surface area (Å²) >= 11 is 0. The molecule has 1 fully saturated rings. The highest BCUT2D eigenvalue weighted by atomic mass is 16.5. The Bertz CT molecular complexity index is 311. The van der Waals surface area contributed by atoms with E-state index in [0.717, 1.165) is 19.3 Å². The molecule has 0 radical (unpaired) electrons. The molecule has 6 nitrogen and oxygen atoms in total. The molecule has 0 saturated heterocycles. The molecule has 0 aromatic carbocycles. The van der Waals surface area contributed by atoms with E-state index >= 15 is 0 Å². The van der Waals surface area contributed by atoms with Gasteiger partial charge in [0.1, 0.15) is 0 Å². The first kappa shape index (κ1) is 15.9. The van der Waals surface area contributed by atoms with Gasteiger partial charge in [0.25, 0.3) is 0 Å². The van der Waals surface area contributed by atoms with Crippen molar-refractivity contribution < 1.29 is 14.3 Å². The van der Waals surface area contributed by atoms with Crippen molar-refractivity contribution in [1.82, 2.24) is 10.2 Å². The second kappa shape index (κ2) is 7.45. The topological polar surface area (TPSA) is 84.7 Å². The predicted octanol–water partition coefficient (Wildman–Crippen LogP) is -0.273. The quantitative estimate of drug-likeness (QED) is 0.595. The van der Waals surface area contributed by atoms with Crippen LogP contribution in [0.2, 0.25) is 0 Å². The zero-order chi connectivity index (χ0) is 14.3. The van der Waals surface area contributed by atoms with Crippen molar-refractivity contribution in [1.29, 1.82) is 0 Å². The first-order chi connectivity index (χ1) is 9.03. The van der Waals surface area contributed by atoms with Gasteiger partial charge in [0.05, 0.1) is 13.2 Å². The number of nitrogens with two attached hydrogens (primary N) is 1. The van der Waals surface area contributed by atoms with Crippen LogP contribution in [0, 0.1) is 5.41 Å². The van der Waals surface area contributed by atoms with Crippen molar-refractivity contribution in [2.45, 2.75) is 25.7 Å². The van der Waals surface area contributed by atoms with E-state index in [9.17, 15) is 9.59 Å². The molecule has 0 unspecified atom stereocenters. The Hall–Kier alpha value is -1.14. The lowest BCUT2D eigenvalue weighted by Crippen LogP contribution is -2.45. The van der Waals surface area contributed by atoms with Crippen LogP contribution in [0.3, 0.4) is 0 Å². The first-order valence-corrected chi connectivity index (χ1v) is 6.73. The van der Waals surface area contributed by atoms with Crippen molar-refractivity contribution in [2.24, 2.45) is 11.1 Å². The number of carbonyl (C=O) groups excluding carboxylic acids is 2. The summed E-state index contributed by atoms with van der Waals surface area (Å²) in [6, 6.07) is 0. The summed E-state index contributed by atoms with van der Waals surface area (Å²) in [5.41, 5.74) is 5.72. The summed E-state index contributed by atoms with van der Waals surface area (Å²) in [6.07, 6.45) is 3.63. The monoisotopic (exact) mass is 271 g/mol. The van der Waals surface area contributed by atoms with Gasteiger partial charge in [0.2, 0.25) is 11.8 Å². The molecule has 0 bridgehead atoms. The molecule has 1 aliphatic rings. The maximum Gasteiger partial charge on any atom is 0.239 e. The van der Waals surface area contributed by atoms with Gasteiger partial charge in [0.15, 0.2) is 0 Å². The number of amides is 2. The third kappa shape index (κ3) is 4.80. The Kier molecular flexibility index (Phi) is 6.24. The highest BCUT2D eigenvalue weighted by Gasteiger charge is 2.38. The standard InChI is InChI=1S/C13H25N3O3/c1-16(9-11(17)15-6-7-19-2)12(18)8-13(10-14)4-3-5-13/h3-10,14H2,1-2H3,(H,15,17). The van der Waals surface area contributed by atoms with Gasteiger partial charge in [-0.15, -0.1) is 0 Å². The van der Waals surface area contributed by atoms with Crippen molar-refractivity contribution in [2.75, 3.05) is 40.4 Å². The van der Waals surface area contributed by atoms with Crippen LogP contribution in [0.1, 0.15) is 25.7 Å². The predicted molar refractivity (Wildman–Crippen MR) is 72.5 cm³/mol. The summed E-state index contributed by atoms with van der Waals surface area (Å²) in [6.45, 7) is 1.57. The molecule has 0 spiro atoms. The van der Waals surface area contributed by atoms with Crippen molar-refractivity contribution in [3.8, 4) is 0 Å². The number of ether oxygens (including phenoxy) is 1. The number of hydrogen-bond acceptors (Lipinski definition) is 4. The average Bonchev–Trinajstić information content (AvgIpc) is 2.33. The first-order valence-electron chi connectivity index (χ1n) is 6.73. The van der Waals surface area contributed by atoms with E-state index < -0.39 is 0 Å². The van der Waals surface area contributed by atoms with Crippen LogP contribution >= 0.6 is 0 Å². The van der Waals surface area contributed by atoms with Crippen LogP contribution < -0.4 is 11.1 Å². The van der Waals surface area contributed by atoms with Gasteiger partial charge >= 0.3 is 0 Å². The summed E-state index contributed by atoms with van der Waals surface area (Å²) in [7, 11) is 3.23. The van der Waals surface area contributed by atoms with Crippen LogP contribution in [0.5, 0.6) is 0 Å². The Labute approximate surface area is 114 Å². The molecule has 1 rings (SSSR count). The lowest BCUT2D eigenvalue weighted by Gasteiger charge is -2.41. The van der Waals surface area contributed by atoms with Gasteiger partial charge in [-0.2, -0.15) is 0 Å². The average molecular weight is 271 g/mol. The largest absolute Gasteiger partial charge is 0.383 e. The molecule has 1 saturated carbocycles. The van der Waals surface area contributed by atoms with E-state index in [1.807, 2.05) is 0 Å². The molecule has 0 atom stereocenters. The molecule has 0 aromatic heterocycles. The number of methoxy groups -OCH3 is 1. The Morgan fingerprint density at radius 3 is 2.58 bits per heavy atom. The molecule has 3 N–H and O–H groups in total. The molecule has 110 valence electrons. The fraction of sp³-hybridized carbons (Fsp3) is 0.846. The molecule has 0 aliphatic heterocycles. The van der Waals surface area contributed by atoms with E-state index in [2.05, 4.69) is 5.32 Å². The number of rotatable bonds is 8. The van der Waals surface area contributed by atoms with Crippen LogP contribution in [0.25, 0.3) is 0 Å². The van der Waals surface area contributed by atoms with Gasteiger partial charge in [0, 0.05) is 27.1 Å². The Balaban J connectivity index is 2.30. The Morgan fingerprint density at radius 1 is 1.42 bits per heavy atom. The normalized spacial score (nSPS) is 16.6. The summed E-state index contributed by atoms with van der Waals surface area (Å²) < 4.78 is 4.84. The molecule has 2 amide bonds. The number of nitrogens with zero attached hydrogens (tertiary/aromatic N) is 1. The molecule has 0 aromatic rings. The minimum Gasteiger partial charge on any atom is -0.383 e. The maximum atomic E-state index is 12.0. The van der Waals surface area contributed by atoms with Gasteiger partial charge in [-0.1, -0.05) is 6.42 Å². The minimum absolute atomic E-state index is 0.00737. The summed E-state index contributed by atoms with van der Waals surface area (Å²) in [5.74, 6) is -0.171. The van der Waals surface area contributed by atoms with E-state index in [1.165, 1.54) is 4.90 Å². The lowest BCUT2D eigenvalue weighted by atomic mass is 9.66. The van der Waals surface area contributed by atoms with Crippen LogP contribution in [0.15, 0.2) is 0 Å². The van der Waals surface area contributed by atoms with E-state index in [-0.39, 0.29) is 23.8 Å². The molecule has 19 heavy (non-hydrogen) atoms. The van der Waals surface area contributed by atoms with E-state index in [1.54, 1.807) is 14.2 Å². The number of hydrogen-bond donors (Lipinski definition) is 2. The molecule has 6 heteroatoms. The van der Waals surface area contributed by atoms with Gasteiger partial charge < -0.3 is 20.7 Å². The third-order valence-corrected chi connectivity index (χ3v) is 3.81. The van der Waals surface area contributed by atoms with Gasteiger partial charge in [-0.05, 0) is 24.8 Å². The molecular weight excluding hydrogens is 246 g/mol. The Morgan fingerprint density at radius 2 is 2.11 bits per heavy atom.